The lowest BCUT2D eigenvalue weighted by Crippen LogP contribution is -2.43. The molecule has 1 aliphatic carbocycles. The molecule has 2 amide bonds. The number of carbonyl (C=O) groups is 2. The van der Waals surface area contributed by atoms with Crippen molar-refractivity contribution in [1.29, 1.82) is 0 Å². The number of aromatic nitrogens is 1. The highest BCUT2D eigenvalue weighted by molar-refractivity contribution is 7.87. The molecule has 3 heterocycles. The van der Waals surface area contributed by atoms with Crippen LogP contribution in [-0.2, 0) is 32.7 Å². The van der Waals surface area contributed by atoms with E-state index in [4.69, 9.17) is 4.74 Å². The topological polar surface area (TPSA) is 110 Å². The summed E-state index contributed by atoms with van der Waals surface area (Å²) in [4.78, 5) is 26.5. The van der Waals surface area contributed by atoms with Crippen LogP contribution in [0.15, 0.2) is 42.5 Å². The van der Waals surface area contributed by atoms with Gasteiger partial charge in [-0.1, -0.05) is 49.6 Å². The molecule has 1 aromatic heterocycles. The lowest BCUT2D eigenvalue weighted by molar-refractivity contribution is -0.128. The average Bonchev–Trinajstić information content (AvgIpc) is 3.21. The van der Waals surface area contributed by atoms with Crippen molar-refractivity contribution in [3.8, 4) is 11.3 Å². The Labute approximate surface area is 247 Å². The molecular formula is C32H40N4O5S. The molecule has 2 aliphatic heterocycles. The second kappa shape index (κ2) is 11.8. The molecule has 1 atom stereocenters. The normalized spacial score (nSPS) is 20.1. The molecule has 1 unspecified atom stereocenters. The smallest absolute Gasteiger partial charge is 0.303 e. The summed E-state index contributed by atoms with van der Waals surface area (Å²) in [6.07, 6.45) is 8.00. The Bertz CT molecular complexity index is 1600. The molecule has 3 aromatic rings. The van der Waals surface area contributed by atoms with E-state index in [9.17, 15) is 18.0 Å². The number of carbonyl (C=O) groups excluding carboxylic acids is 2. The highest BCUT2D eigenvalue weighted by Gasteiger charge is 2.33. The molecule has 10 heteroatoms. The molecule has 2 N–H and O–H groups in total. The molecule has 2 fully saturated rings. The monoisotopic (exact) mass is 592 g/mol. The number of nitrogens with zero attached hydrogens (tertiary/aromatic N) is 2. The van der Waals surface area contributed by atoms with Crippen molar-refractivity contribution in [2.75, 3.05) is 27.3 Å². The van der Waals surface area contributed by atoms with Gasteiger partial charge in [0.05, 0.1) is 11.7 Å². The van der Waals surface area contributed by atoms with E-state index in [0.29, 0.717) is 32.1 Å². The van der Waals surface area contributed by atoms with Gasteiger partial charge in [-0.2, -0.15) is 12.7 Å². The van der Waals surface area contributed by atoms with Gasteiger partial charge in [0.25, 0.3) is 5.91 Å². The van der Waals surface area contributed by atoms with Gasteiger partial charge < -0.3 is 14.6 Å². The number of hydrogen-bond donors (Lipinski definition) is 2. The fraction of sp³-hybridized carbons (Fsp3) is 0.500. The molecule has 224 valence electrons. The summed E-state index contributed by atoms with van der Waals surface area (Å²) < 4.78 is 35.7. The van der Waals surface area contributed by atoms with Gasteiger partial charge >= 0.3 is 10.2 Å². The number of rotatable bonds is 6. The van der Waals surface area contributed by atoms with Crippen LogP contribution in [0.1, 0.15) is 72.3 Å². The van der Waals surface area contributed by atoms with E-state index >= 15 is 0 Å². The zero-order chi connectivity index (χ0) is 29.4. The molecule has 9 nitrogen and oxygen atoms in total. The zero-order valence-electron chi connectivity index (χ0n) is 24.4. The van der Waals surface area contributed by atoms with Crippen molar-refractivity contribution < 1.29 is 22.7 Å². The summed E-state index contributed by atoms with van der Waals surface area (Å²) in [5.41, 5.74) is 6.00. The van der Waals surface area contributed by atoms with Gasteiger partial charge in [-0.25, -0.2) is 4.72 Å². The highest BCUT2D eigenvalue weighted by atomic mass is 32.2. The Morgan fingerprint density at radius 1 is 0.976 bits per heavy atom. The van der Waals surface area contributed by atoms with Crippen molar-refractivity contribution in [1.82, 2.24) is 18.9 Å². The van der Waals surface area contributed by atoms with Gasteiger partial charge in [0, 0.05) is 61.8 Å². The first kappa shape index (κ1) is 28.9. The minimum absolute atomic E-state index is 0.0510. The third-order valence-corrected chi connectivity index (χ3v) is 10.6. The maximum Gasteiger partial charge on any atom is 0.303 e. The van der Waals surface area contributed by atoms with Gasteiger partial charge in [0.15, 0.2) is 0 Å². The standard InChI is InChI=1S/C32H40N4O5S/c1-35(2)42(39,40)34-32(38)24-12-13-27-28(19-24)36-20-25(33-31(37)22-14-16-41-17-15-22)18-23-10-6-7-11-26(23)30(36)29(27)21-8-4-3-5-9-21/h6-7,10-13,19,21-22,25H,3-5,8-9,14-18,20H2,1-2H3,(H,33,37)(H,34,38). The zero-order valence-corrected chi connectivity index (χ0v) is 25.2. The van der Waals surface area contributed by atoms with E-state index in [2.05, 4.69) is 38.9 Å². The maximum atomic E-state index is 13.4. The van der Waals surface area contributed by atoms with E-state index in [1.807, 2.05) is 12.1 Å². The minimum Gasteiger partial charge on any atom is -0.381 e. The van der Waals surface area contributed by atoms with Gasteiger partial charge in [0.1, 0.15) is 0 Å². The van der Waals surface area contributed by atoms with Crippen LogP contribution in [0.25, 0.3) is 22.2 Å². The van der Waals surface area contributed by atoms with Gasteiger partial charge in [0.2, 0.25) is 5.91 Å². The fourth-order valence-electron chi connectivity index (χ4n) is 6.92. The summed E-state index contributed by atoms with van der Waals surface area (Å²) >= 11 is 0. The summed E-state index contributed by atoms with van der Waals surface area (Å²) in [6.45, 7) is 1.78. The summed E-state index contributed by atoms with van der Waals surface area (Å²) in [5, 5.41) is 4.46. The van der Waals surface area contributed by atoms with Crippen LogP contribution in [0.3, 0.4) is 0 Å². The number of amides is 2. The van der Waals surface area contributed by atoms with Crippen molar-refractivity contribution >= 4 is 32.9 Å². The Kier molecular flexibility index (Phi) is 8.13. The number of fused-ring (bicyclic) bond motifs is 5. The Morgan fingerprint density at radius 2 is 1.71 bits per heavy atom. The summed E-state index contributed by atoms with van der Waals surface area (Å²) in [7, 11) is -1.17. The number of nitrogens with one attached hydrogen (secondary N) is 2. The van der Waals surface area contributed by atoms with Crippen LogP contribution < -0.4 is 10.0 Å². The summed E-state index contributed by atoms with van der Waals surface area (Å²) in [6, 6.07) is 13.8. The van der Waals surface area contributed by atoms with Crippen LogP contribution >= 0.6 is 0 Å². The first-order valence-corrected chi connectivity index (χ1v) is 16.5. The van der Waals surface area contributed by atoms with Crippen LogP contribution in [0.5, 0.6) is 0 Å². The Balaban J connectivity index is 1.47. The van der Waals surface area contributed by atoms with E-state index in [1.54, 1.807) is 6.07 Å². The van der Waals surface area contributed by atoms with Crippen molar-refractivity contribution in [2.24, 2.45) is 5.92 Å². The van der Waals surface area contributed by atoms with E-state index in [0.717, 1.165) is 46.6 Å². The molecule has 42 heavy (non-hydrogen) atoms. The summed E-state index contributed by atoms with van der Waals surface area (Å²) in [5.74, 6) is -0.251. The van der Waals surface area contributed by atoms with Crippen LogP contribution in [0, 0.1) is 5.92 Å². The predicted molar refractivity (Wildman–Crippen MR) is 162 cm³/mol. The first-order chi connectivity index (χ1) is 20.2. The van der Waals surface area contributed by atoms with Crippen LogP contribution in [-0.4, -0.2) is 62.5 Å². The lowest BCUT2D eigenvalue weighted by atomic mass is 9.81. The minimum atomic E-state index is -3.94. The lowest BCUT2D eigenvalue weighted by Gasteiger charge is -2.25. The fourth-order valence-corrected chi connectivity index (χ4v) is 7.46. The Morgan fingerprint density at radius 3 is 2.45 bits per heavy atom. The predicted octanol–water partition coefficient (Wildman–Crippen LogP) is 4.36. The van der Waals surface area contributed by atoms with Crippen molar-refractivity contribution in [2.45, 2.75) is 69.9 Å². The number of benzene rings is 2. The number of hydrogen-bond acceptors (Lipinski definition) is 5. The van der Waals surface area contributed by atoms with E-state index < -0.39 is 16.1 Å². The quantitative estimate of drug-likeness (QED) is 0.442. The number of ether oxygens (including phenoxy) is 1. The molecule has 3 aliphatic rings. The molecule has 6 rings (SSSR count). The van der Waals surface area contributed by atoms with E-state index in [1.165, 1.54) is 50.0 Å². The second-order valence-corrected chi connectivity index (χ2v) is 14.0. The molecule has 1 saturated carbocycles. The molecule has 2 aromatic carbocycles. The van der Waals surface area contributed by atoms with E-state index in [-0.39, 0.29) is 23.4 Å². The van der Waals surface area contributed by atoms with Gasteiger partial charge in [-0.05, 0) is 61.3 Å². The van der Waals surface area contributed by atoms with Gasteiger partial charge in [-0.3, -0.25) is 9.59 Å². The Hall–Kier alpha value is -3.21. The first-order valence-electron chi connectivity index (χ1n) is 15.1. The third-order valence-electron chi connectivity index (χ3n) is 9.16. The molecule has 1 saturated heterocycles. The highest BCUT2D eigenvalue weighted by Crippen LogP contribution is 2.46. The van der Waals surface area contributed by atoms with Crippen LogP contribution in [0.4, 0.5) is 0 Å². The average molecular weight is 593 g/mol. The third kappa shape index (κ3) is 5.59. The largest absolute Gasteiger partial charge is 0.381 e. The molecule has 0 bridgehead atoms. The van der Waals surface area contributed by atoms with Gasteiger partial charge in [-0.15, -0.1) is 0 Å². The van der Waals surface area contributed by atoms with Crippen molar-refractivity contribution in [3.63, 3.8) is 0 Å². The maximum absolute atomic E-state index is 13.4. The van der Waals surface area contributed by atoms with Crippen LogP contribution in [0.2, 0.25) is 0 Å². The SMILES string of the molecule is CN(C)S(=O)(=O)NC(=O)c1ccc2c(C3CCCCC3)c3n(c2c1)CC(NC(=O)C1CCOCC1)Cc1ccccc1-3. The molecular weight excluding hydrogens is 552 g/mol. The second-order valence-electron chi connectivity index (χ2n) is 12.1. The molecule has 0 spiro atoms. The van der Waals surface area contributed by atoms with Crippen molar-refractivity contribution in [3.05, 3.63) is 59.2 Å². The molecule has 0 radical (unpaired) electrons.